The van der Waals surface area contributed by atoms with Gasteiger partial charge in [0.2, 0.25) is 11.8 Å². The fraction of sp³-hybridized carbons (Fsp3) is 0.417. The van der Waals surface area contributed by atoms with Crippen LogP contribution in [0, 0.1) is 12.8 Å². The Morgan fingerprint density at radius 2 is 1.67 bits per heavy atom. The first kappa shape index (κ1) is 20.4. The molecule has 158 valence electrons. The lowest BCUT2D eigenvalue weighted by atomic mass is 10.1. The molecule has 1 N–H and O–H groups in total. The number of carbonyl (C=O) groups is 2. The zero-order valence-corrected chi connectivity index (χ0v) is 17.6. The van der Waals surface area contributed by atoms with Crippen molar-refractivity contribution in [2.24, 2.45) is 5.92 Å². The zero-order valence-electron chi connectivity index (χ0n) is 17.6. The van der Waals surface area contributed by atoms with Crippen LogP contribution in [0.25, 0.3) is 0 Å². The van der Waals surface area contributed by atoms with E-state index in [-0.39, 0.29) is 24.2 Å². The molecule has 0 saturated carbocycles. The normalized spacial score (nSPS) is 19.9. The molecule has 1 atom stereocenters. The van der Waals surface area contributed by atoms with Gasteiger partial charge in [-0.1, -0.05) is 35.9 Å². The summed E-state index contributed by atoms with van der Waals surface area (Å²) < 4.78 is 0. The van der Waals surface area contributed by atoms with Gasteiger partial charge in [-0.2, -0.15) is 0 Å². The molecule has 0 bridgehead atoms. The van der Waals surface area contributed by atoms with E-state index in [1.54, 1.807) is 4.90 Å². The molecule has 2 aromatic carbocycles. The minimum absolute atomic E-state index is 0.0131. The second-order valence-electron chi connectivity index (χ2n) is 8.20. The monoisotopic (exact) mass is 406 g/mol. The van der Waals surface area contributed by atoms with Gasteiger partial charge < -0.3 is 15.1 Å². The van der Waals surface area contributed by atoms with E-state index in [2.05, 4.69) is 39.4 Å². The molecule has 2 aliphatic rings. The number of hydrogen-bond acceptors (Lipinski definition) is 4. The Bertz CT molecular complexity index is 861. The van der Waals surface area contributed by atoms with Gasteiger partial charge in [0.25, 0.3) is 0 Å². The summed E-state index contributed by atoms with van der Waals surface area (Å²) in [5, 5.41) is 3.04. The number of aryl methyl sites for hydroxylation is 1. The average molecular weight is 407 g/mol. The smallest absolute Gasteiger partial charge is 0.227 e. The van der Waals surface area contributed by atoms with Crippen molar-refractivity contribution in [1.29, 1.82) is 0 Å². The number of piperazine rings is 1. The second kappa shape index (κ2) is 9.30. The van der Waals surface area contributed by atoms with E-state index in [1.165, 1.54) is 5.69 Å². The summed E-state index contributed by atoms with van der Waals surface area (Å²) in [6.07, 6.45) is 0.287. The van der Waals surface area contributed by atoms with Crippen LogP contribution in [0.5, 0.6) is 0 Å². The number of carbonyl (C=O) groups excluding carboxylic acids is 2. The maximum absolute atomic E-state index is 12.6. The molecule has 0 aliphatic carbocycles. The molecule has 2 aliphatic heterocycles. The molecule has 0 aromatic heterocycles. The van der Waals surface area contributed by atoms with Crippen molar-refractivity contribution >= 4 is 23.2 Å². The van der Waals surface area contributed by atoms with Crippen molar-refractivity contribution in [3.63, 3.8) is 0 Å². The zero-order chi connectivity index (χ0) is 20.9. The van der Waals surface area contributed by atoms with E-state index >= 15 is 0 Å². The summed E-state index contributed by atoms with van der Waals surface area (Å²) >= 11 is 0. The van der Waals surface area contributed by atoms with Crippen LogP contribution in [0.3, 0.4) is 0 Å². The van der Waals surface area contributed by atoms with Gasteiger partial charge in [0.15, 0.2) is 0 Å². The molecular weight excluding hydrogens is 376 g/mol. The molecule has 2 saturated heterocycles. The molecule has 2 aromatic rings. The predicted octanol–water partition coefficient (Wildman–Crippen LogP) is 2.29. The number of rotatable bonds is 6. The van der Waals surface area contributed by atoms with E-state index < -0.39 is 0 Å². The topological polar surface area (TPSA) is 55.9 Å². The quantitative estimate of drug-likeness (QED) is 0.800. The number of nitrogens with zero attached hydrogens (tertiary/aromatic N) is 3. The molecule has 0 spiro atoms. The molecule has 4 rings (SSSR count). The maximum Gasteiger partial charge on any atom is 0.227 e. The fourth-order valence-electron chi connectivity index (χ4n) is 4.21. The van der Waals surface area contributed by atoms with E-state index in [0.717, 1.165) is 44.0 Å². The highest BCUT2D eigenvalue weighted by molar-refractivity contribution is 6.00. The first-order valence-corrected chi connectivity index (χ1v) is 10.8. The summed E-state index contributed by atoms with van der Waals surface area (Å²) in [5.74, 6) is -0.259. The molecule has 6 heteroatoms. The van der Waals surface area contributed by atoms with Crippen molar-refractivity contribution < 1.29 is 9.59 Å². The van der Waals surface area contributed by atoms with Gasteiger partial charge in [-0.05, 0) is 31.2 Å². The highest BCUT2D eigenvalue weighted by atomic mass is 16.2. The van der Waals surface area contributed by atoms with Gasteiger partial charge in [-0.15, -0.1) is 0 Å². The predicted molar refractivity (Wildman–Crippen MR) is 120 cm³/mol. The van der Waals surface area contributed by atoms with Crippen LogP contribution < -0.4 is 15.1 Å². The lowest BCUT2D eigenvalue weighted by Crippen LogP contribution is -2.48. The van der Waals surface area contributed by atoms with Crippen molar-refractivity contribution in [2.75, 3.05) is 55.6 Å². The van der Waals surface area contributed by atoms with E-state index in [0.29, 0.717) is 13.1 Å². The van der Waals surface area contributed by atoms with E-state index in [1.807, 2.05) is 37.3 Å². The number of nitrogens with one attached hydrogen (secondary N) is 1. The number of benzene rings is 2. The summed E-state index contributed by atoms with van der Waals surface area (Å²) in [4.78, 5) is 31.5. The Hall–Kier alpha value is -2.86. The van der Waals surface area contributed by atoms with E-state index in [9.17, 15) is 9.59 Å². The maximum atomic E-state index is 12.6. The number of hydrogen-bond donors (Lipinski definition) is 1. The number of amides is 2. The minimum Gasteiger partial charge on any atom is -0.369 e. The third kappa shape index (κ3) is 4.82. The lowest BCUT2D eigenvalue weighted by molar-refractivity contribution is -0.126. The molecule has 2 heterocycles. The molecule has 30 heavy (non-hydrogen) atoms. The van der Waals surface area contributed by atoms with Crippen LogP contribution in [0.1, 0.15) is 12.0 Å². The Balaban J connectivity index is 1.19. The first-order valence-electron chi connectivity index (χ1n) is 10.8. The molecular formula is C24H30N4O2. The Morgan fingerprint density at radius 3 is 2.37 bits per heavy atom. The third-order valence-electron chi connectivity index (χ3n) is 6.06. The van der Waals surface area contributed by atoms with Crippen LogP contribution in [-0.4, -0.2) is 62.5 Å². The molecule has 2 fully saturated rings. The third-order valence-corrected chi connectivity index (χ3v) is 6.06. The van der Waals surface area contributed by atoms with Gasteiger partial charge in [-0.3, -0.25) is 14.5 Å². The summed E-state index contributed by atoms with van der Waals surface area (Å²) in [5.41, 5.74) is 3.30. The minimum atomic E-state index is -0.270. The number of anilines is 2. The van der Waals surface area contributed by atoms with Crippen LogP contribution in [0.4, 0.5) is 11.4 Å². The molecule has 2 amide bonds. The van der Waals surface area contributed by atoms with Crippen LogP contribution in [-0.2, 0) is 9.59 Å². The first-order chi connectivity index (χ1) is 14.6. The van der Waals surface area contributed by atoms with Crippen molar-refractivity contribution in [1.82, 2.24) is 10.2 Å². The highest BCUT2D eigenvalue weighted by Gasteiger charge is 2.35. The molecule has 0 radical (unpaired) electrons. The van der Waals surface area contributed by atoms with Crippen LogP contribution in [0.15, 0.2) is 54.6 Å². The summed E-state index contributed by atoms with van der Waals surface area (Å²) in [6.45, 7) is 7.94. The lowest BCUT2D eigenvalue weighted by Gasteiger charge is -2.36. The van der Waals surface area contributed by atoms with Gasteiger partial charge >= 0.3 is 0 Å². The summed E-state index contributed by atoms with van der Waals surface area (Å²) in [6, 6.07) is 18.4. The average Bonchev–Trinajstić information content (AvgIpc) is 3.17. The van der Waals surface area contributed by atoms with Crippen LogP contribution >= 0.6 is 0 Å². The second-order valence-corrected chi connectivity index (χ2v) is 8.20. The summed E-state index contributed by atoms with van der Waals surface area (Å²) in [7, 11) is 0. The van der Waals surface area contributed by atoms with Gasteiger partial charge in [0.1, 0.15) is 0 Å². The Labute approximate surface area is 178 Å². The van der Waals surface area contributed by atoms with Gasteiger partial charge in [0.05, 0.1) is 5.92 Å². The van der Waals surface area contributed by atoms with Gasteiger partial charge in [-0.25, -0.2) is 0 Å². The van der Waals surface area contributed by atoms with Crippen molar-refractivity contribution in [3.05, 3.63) is 60.2 Å². The highest BCUT2D eigenvalue weighted by Crippen LogP contribution is 2.25. The van der Waals surface area contributed by atoms with Gasteiger partial charge in [0, 0.05) is 63.6 Å². The van der Waals surface area contributed by atoms with Crippen LogP contribution in [0.2, 0.25) is 0 Å². The number of para-hydroxylation sites is 1. The van der Waals surface area contributed by atoms with Crippen molar-refractivity contribution in [2.45, 2.75) is 13.3 Å². The SMILES string of the molecule is Cc1ccc(N2CC(C(=O)NCCN3CCN(c4ccccc4)CC3)CC2=O)cc1. The largest absolute Gasteiger partial charge is 0.369 e. The molecule has 6 nitrogen and oxygen atoms in total. The fourth-order valence-corrected chi connectivity index (χ4v) is 4.21. The standard InChI is InChI=1S/C24H30N4O2/c1-19-7-9-22(10-8-19)28-18-20(17-23(28)29)24(30)25-11-12-26-13-15-27(16-14-26)21-5-3-2-4-6-21/h2-10,20H,11-18H2,1H3,(H,25,30). The van der Waals surface area contributed by atoms with E-state index in [4.69, 9.17) is 0 Å². The Kier molecular flexibility index (Phi) is 6.33. The van der Waals surface area contributed by atoms with Crippen molar-refractivity contribution in [3.8, 4) is 0 Å². The Morgan fingerprint density at radius 1 is 0.967 bits per heavy atom. The molecule has 1 unspecified atom stereocenters.